The molecule has 4 nitrogen and oxygen atoms in total. The van der Waals surface area contributed by atoms with Gasteiger partial charge in [0.25, 0.3) is 0 Å². The van der Waals surface area contributed by atoms with Crippen LogP contribution in [0.3, 0.4) is 0 Å². The molecule has 98 valence electrons. The molecular formula is C13H15ClO4. The molecule has 1 rings (SSSR count). The van der Waals surface area contributed by atoms with Crippen molar-refractivity contribution >= 4 is 23.5 Å². The van der Waals surface area contributed by atoms with E-state index in [4.69, 9.17) is 21.4 Å². The summed E-state index contributed by atoms with van der Waals surface area (Å²) in [7, 11) is 0. The van der Waals surface area contributed by atoms with Gasteiger partial charge in [-0.3, -0.25) is 9.59 Å². The maximum Gasteiger partial charge on any atom is 0.306 e. The van der Waals surface area contributed by atoms with E-state index in [9.17, 15) is 9.59 Å². The first-order chi connectivity index (χ1) is 8.47. The number of carboxylic acids is 1. The van der Waals surface area contributed by atoms with Gasteiger partial charge >= 0.3 is 11.9 Å². The van der Waals surface area contributed by atoms with Gasteiger partial charge in [0.1, 0.15) is 6.10 Å². The van der Waals surface area contributed by atoms with E-state index >= 15 is 0 Å². The SMILES string of the molecule is CC(Cc1cccc(Cl)c1)OC(=O)CCC(=O)O. The number of carbonyl (C=O) groups is 2. The number of carboxylic acid groups (broad SMARTS) is 1. The highest BCUT2D eigenvalue weighted by molar-refractivity contribution is 6.30. The molecule has 0 bridgehead atoms. The Bertz CT molecular complexity index is 431. The molecule has 0 spiro atoms. The molecule has 0 radical (unpaired) electrons. The van der Waals surface area contributed by atoms with Crippen LogP contribution < -0.4 is 0 Å². The summed E-state index contributed by atoms with van der Waals surface area (Å²) in [5.41, 5.74) is 0.973. The van der Waals surface area contributed by atoms with Crippen LogP contribution in [0, 0.1) is 0 Å². The molecule has 0 heterocycles. The predicted octanol–water partition coefficient (Wildman–Crippen LogP) is 2.68. The van der Waals surface area contributed by atoms with Crippen LogP contribution in [0.4, 0.5) is 0 Å². The summed E-state index contributed by atoms with van der Waals surface area (Å²) in [6.07, 6.45) is -0.0538. The van der Waals surface area contributed by atoms with E-state index in [0.717, 1.165) is 5.56 Å². The summed E-state index contributed by atoms with van der Waals surface area (Å²) in [6.45, 7) is 1.76. The summed E-state index contributed by atoms with van der Waals surface area (Å²) < 4.78 is 5.10. The minimum Gasteiger partial charge on any atom is -0.481 e. The van der Waals surface area contributed by atoms with Crippen molar-refractivity contribution in [3.63, 3.8) is 0 Å². The summed E-state index contributed by atoms with van der Waals surface area (Å²) >= 11 is 5.85. The second kappa shape index (κ2) is 7.01. The Kier molecular flexibility index (Phi) is 5.65. The Morgan fingerprint density at radius 2 is 2.11 bits per heavy atom. The largest absolute Gasteiger partial charge is 0.481 e. The van der Waals surface area contributed by atoms with Gasteiger partial charge in [0.15, 0.2) is 0 Å². The number of benzene rings is 1. The normalized spacial score (nSPS) is 11.9. The smallest absolute Gasteiger partial charge is 0.306 e. The molecule has 5 heteroatoms. The molecule has 1 aromatic rings. The summed E-state index contributed by atoms with van der Waals surface area (Å²) in [5.74, 6) is -1.50. The van der Waals surface area contributed by atoms with Gasteiger partial charge < -0.3 is 9.84 Å². The fourth-order valence-electron chi connectivity index (χ4n) is 1.53. The molecular weight excluding hydrogens is 256 g/mol. The highest BCUT2D eigenvalue weighted by Gasteiger charge is 2.12. The van der Waals surface area contributed by atoms with E-state index in [-0.39, 0.29) is 18.9 Å². The number of hydrogen-bond acceptors (Lipinski definition) is 3. The van der Waals surface area contributed by atoms with Crippen LogP contribution in [-0.2, 0) is 20.7 Å². The molecule has 0 aliphatic carbocycles. The lowest BCUT2D eigenvalue weighted by Gasteiger charge is -2.13. The molecule has 0 aliphatic rings. The van der Waals surface area contributed by atoms with E-state index < -0.39 is 11.9 Å². The van der Waals surface area contributed by atoms with Gasteiger partial charge in [-0.25, -0.2) is 0 Å². The van der Waals surface area contributed by atoms with E-state index in [2.05, 4.69) is 0 Å². The van der Waals surface area contributed by atoms with E-state index in [1.165, 1.54) is 0 Å². The molecule has 0 aromatic heterocycles. The molecule has 0 aliphatic heterocycles. The second-order valence-corrected chi connectivity index (χ2v) is 4.46. The Balaban J connectivity index is 2.39. The third kappa shape index (κ3) is 5.68. The van der Waals surface area contributed by atoms with Crippen molar-refractivity contribution in [2.45, 2.75) is 32.3 Å². The Hall–Kier alpha value is -1.55. The van der Waals surface area contributed by atoms with Crippen molar-refractivity contribution in [1.29, 1.82) is 0 Å². The quantitative estimate of drug-likeness (QED) is 0.807. The molecule has 0 amide bonds. The van der Waals surface area contributed by atoms with Crippen molar-refractivity contribution < 1.29 is 19.4 Å². The molecule has 18 heavy (non-hydrogen) atoms. The van der Waals surface area contributed by atoms with Crippen molar-refractivity contribution in [2.75, 3.05) is 0 Å². The van der Waals surface area contributed by atoms with Crippen molar-refractivity contribution in [2.24, 2.45) is 0 Å². The third-order valence-electron chi connectivity index (χ3n) is 2.29. The zero-order valence-electron chi connectivity index (χ0n) is 10.1. The topological polar surface area (TPSA) is 63.6 Å². The van der Waals surface area contributed by atoms with Gasteiger partial charge in [-0.1, -0.05) is 23.7 Å². The number of aliphatic carboxylic acids is 1. The molecule has 0 saturated carbocycles. The highest BCUT2D eigenvalue weighted by atomic mass is 35.5. The van der Waals surface area contributed by atoms with Crippen molar-refractivity contribution in [1.82, 2.24) is 0 Å². The molecule has 0 fully saturated rings. The third-order valence-corrected chi connectivity index (χ3v) is 2.52. The van der Waals surface area contributed by atoms with Gasteiger partial charge in [0.2, 0.25) is 0 Å². The van der Waals surface area contributed by atoms with Crippen LogP contribution in [0.2, 0.25) is 5.02 Å². The van der Waals surface area contributed by atoms with Crippen LogP contribution in [0.1, 0.15) is 25.3 Å². The number of carbonyl (C=O) groups excluding carboxylic acids is 1. The monoisotopic (exact) mass is 270 g/mol. The number of ether oxygens (including phenoxy) is 1. The maximum atomic E-state index is 11.3. The Labute approximate surface area is 111 Å². The second-order valence-electron chi connectivity index (χ2n) is 4.03. The zero-order chi connectivity index (χ0) is 13.5. The first-order valence-corrected chi connectivity index (χ1v) is 6.01. The van der Waals surface area contributed by atoms with Crippen molar-refractivity contribution in [3.8, 4) is 0 Å². The van der Waals surface area contributed by atoms with Gasteiger partial charge in [-0.2, -0.15) is 0 Å². The van der Waals surface area contributed by atoms with Crippen LogP contribution in [0.15, 0.2) is 24.3 Å². The van der Waals surface area contributed by atoms with Gasteiger partial charge in [0.05, 0.1) is 12.8 Å². The number of esters is 1. The average Bonchev–Trinajstić information content (AvgIpc) is 2.26. The van der Waals surface area contributed by atoms with Crippen LogP contribution in [0.25, 0.3) is 0 Å². The predicted molar refractivity (Wildman–Crippen MR) is 67.6 cm³/mol. The van der Waals surface area contributed by atoms with Crippen molar-refractivity contribution in [3.05, 3.63) is 34.9 Å². The number of hydrogen-bond donors (Lipinski definition) is 1. The molecule has 1 aromatic carbocycles. The molecule has 1 atom stereocenters. The molecule has 1 N–H and O–H groups in total. The van der Waals surface area contributed by atoms with E-state index in [0.29, 0.717) is 11.4 Å². The summed E-state index contributed by atoms with van der Waals surface area (Å²) in [5, 5.41) is 9.08. The van der Waals surface area contributed by atoms with Gasteiger partial charge in [-0.05, 0) is 24.6 Å². The first kappa shape index (κ1) is 14.5. The van der Waals surface area contributed by atoms with Gasteiger partial charge in [0, 0.05) is 11.4 Å². The van der Waals surface area contributed by atoms with Crippen LogP contribution >= 0.6 is 11.6 Å². The lowest BCUT2D eigenvalue weighted by Crippen LogP contribution is -2.18. The molecule has 1 unspecified atom stereocenters. The summed E-state index contributed by atoms with van der Waals surface area (Å²) in [6, 6.07) is 7.31. The van der Waals surface area contributed by atoms with E-state index in [1.807, 2.05) is 18.2 Å². The Morgan fingerprint density at radius 3 is 2.72 bits per heavy atom. The zero-order valence-corrected chi connectivity index (χ0v) is 10.8. The standard InChI is InChI=1S/C13H15ClO4/c1-9(18-13(17)6-5-12(15)16)7-10-3-2-4-11(14)8-10/h2-4,8-9H,5-7H2,1H3,(H,15,16). The van der Waals surface area contributed by atoms with Crippen LogP contribution in [-0.4, -0.2) is 23.1 Å². The first-order valence-electron chi connectivity index (χ1n) is 5.63. The minimum atomic E-state index is -1.01. The molecule has 0 saturated heterocycles. The van der Waals surface area contributed by atoms with Gasteiger partial charge in [-0.15, -0.1) is 0 Å². The fourth-order valence-corrected chi connectivity index (χ4v) is 1.74. The summed E-state index contributed by atoms with van der Waals surface area (Å²) in [4.78, 5) is 21.6. The highest BCUT2D eigenvalue weighted by Crippen LogP contribution is 2.13. The number of rotatable bonds is 6. The fraction of sp³-hybridized carbons (Fsp3) is 0.385. The maximum absolute atomic E-state index is 11.3. The lowest BCUT2D eigenvalue weighted by atomic mass is 10.1. The minimum absolute atomic E-state index is 0.102. The van der Waals surface area contributed by atoms with Crippen LogP contribution in [0.5, 0.6) is 0 Å². The average molecular weight is 271 g/mol. The number of halogens is 1. The lowest BCUT2D eigenvalue weighted by molar-refractivity contribution is -0.151. The Morgan fingerprint density at radius 1 is 1.39 bits per heavy atom. The van der Waals surface area contributed by atoms with E-state index in [1.54, 1.807) is 13.0 Å².